The monoisotopic (exact) mass is 179 g/mol. The van der Waals surface area contributed by atoms with Gasteiger partial charge >= 0.3 is 5.97 Å². The van der Waals surface area contributed by atoms with Crippen molar-refractivity contribution in [3.05, 3.63) is 0 Å². The molecule has 4 heteroatoms. The molecule has 3 nitrogen and oxygen atoms in total. The number of ether oxygens (including phenoxy) is 1. The lowest BCUT2D eigenvalue weighted by Gasteiger charge is -2.12. The van der Waals surface area contributed by atoms with Crippen LogP contribution in [0.15, 0.2) is 0 Å². The summed E-state index contributed by atoms with van der Waals surface area (Å²) in [4.78, 5) is 10.9. The van der Waals surface area contributed by atoms with Crippen LogP contribution in [0.1, 0.15) is 20.3 Å². The van der Waals surface area contributed by atoms with Crippen molar-refractivity contribution in [3.63, 3.8) is 0 Å². The smallest absolute Gasteiger partial charge is 0.323 e. The van der Waals surface area contributed by atoms with Crippen LogP contribution in [0, 0.1) is 0 Å². The zero-order valence-electron chi connectivity index (χ0n) is 6.84. The standard InChI is InChI=1S/C7H14ClNO2/c1-5(2)11-7(10)6(9)3-4-8/h5-6H,3-4,9H2,1-2H3. The third-order valence-corrected chi connectivity index (χ3v) is 1.29. The molecule has 0 fully saturated rings. The number of hydrogen-bond donors (Lipinski definition) is 1. The Labute approximate surface area is 71.8 Å². The fraction of sp³-hybridized carbons (Fsp3) is 0.857. The minimum Gasteiger partial charge on any atom is -0.462 e. The van der Waals surface area contributed by atoms with Crippen LogP contribution in [-0.2, 0) is 9.53 Å². The van der Waals surface area contributed by atoms with Crippen LogP contribution < -0.4 is 5.73 Å². The van der Waals surface area contributed by atoms with Crippen LogP contribution >= 0.6 is 11.6 Å². The first-order chi connectivity index (χ1) is 5.07. The Kier molecular flexibility index (Phi) is 5.24. The van der Waals surface area contributed by atoms with E-state index >= 15 is 0 Å². The van der Waals surface area contributed by atoms with E-state index < -0.39 is 6.04 Å². The number of hydrogen-bond acceptors (Lipinski definition) is 3. The second-order valence-electron chi connectivity index (χ2n) is 2.57. The largest absolute Gasteiger partial charge is 0.462 e. The molecule has 1 atom stereocenters. The molecule has 0 aliphatic carbocycles. The summed E-state index contributed by atoms with van der Waals surface area (Å²) in [5.74, 6) is 0.00890. The summed E-state index contributed by atoms with van der Waals surface area (Å²) in [6, 6.07) is -0.574. The summed E-state index contributed by atoms with van der Waals surface area (Å²) in [5.41, 5.74) is 5.42. The summed E-state index contributed by atoms with van der Waals surface area (Å²) < 4.78 is 4.84. The molecule has 1 unspecified atom stereocenters. The van der Waals surface area contributed by atoms with Gasteiger partial charge in [0.25, 0.3) is 0 Å². The Bertz CT molecular complexity index is 128. The Balaban J connectivity index is 3.64. The van der Waals surface area contributed by atoms with E-state index in [0.717, 1.165) is 0 Å². The molecule has 0 aromatic carbocycles. The molecule has 0 aliphatic heterocycles. The normalized spacial score (nSPS) is 13.2. The summed E-state index contributed by atoms with van der Waals surface area (Å²) in [7, 11) is 0. The van der Waals surface area contributed by atoms with Crippen LogP contribution in [0.25, 0.3) is 0 Å². The molecule has 0 aliphatic rings. The highest BCUT2D eigenvalue weighted by Crippen LogP contribution is 1.97. The minimum absolute atomic E-state index is 0.108. The number of alkyl halides is 1. The van der Waals surface area contributed by atoms with Crippen LogP contribution in [-0.4, -0.2) is 24.0 Å². The molecule has 0 heterocycles. The first-order valence-electron chi connectivity index (χ1n) is 3.60. The van der Waals surface area contributed by atoms with E-state index in [0.29, 0.717) is 12.3 Å². The molecule has 0 saturated carbocycles. The summed E-state index contributed by atoms with van der Waals surface area (Å²) in [5, 5.41) is 0. The van der Waals surface area contributed by atoms with Crippen molar-refractivity contribution in [3.8, 4) is 0 Å². The highest BCUT2D eigenvalue weighted by molar-refractivity contribution is 6.18. The molecule has 0 rings (SSSR count). The molecule has 0 amide bonds. The van der Waals surface area contributed by atoms with Gasteiger partial charge in [0.1, 0.15) is 6.04 Å². The van der Waals surface area contributed by atoms with Gasteiger partial charge < -0.3 is 10.5 Å². The van der Waals surface area contributed by atoms with E-state index in [2.05, 4.69) is 0 Å². The summed E-state index contributed by atoms with van der Waals surface area (Å²) >= 11 is 5.39. The van der Waals surface area contributed by atoms with Gasteiger partial charge in [-0.25, -0.2) is 0 Å². The number of nitrogens with two attached hydrogens (primary N) is 1. The van der Waals surface area contributed by atoms with Crippen LogP contribution in [0.2, 0.25) is 0 Å². The van der Waals surface area contributed by atoms with Gasteiger partial charge in [-0.15, -0.1) is 11.6 Å². The fourth-order valence-electron chi connectivity index (χ4n) is 0.555. The molecular formula is C7H14ClNO2. The van der Waals surface area contributed by atoms with Crippen molar-refractivity contribution < 1.29 is 9.53 Å². The predicted molar refractivity (Wildman–Crippen MR) is 44.5 cm³/mol. The summed E-state index contributed by atoms with van der Waals surface area (Å²) in [6.07, 6.45) is 0.358. The fourth-order valence-corrected chi connectivity index (χ4v) is 0.790. The zero-order valence-corrected chi connectivity index (χ0v) is 7.60. The number of carbonyl (C=O) groups is 1. The van der Waals surface area contributed by atoms with Gasteiger partial charge in [-0.1, -0.05) is 0 Å². The van der Waals surface area contributed by atoms with Gasteiger partial charge in [-0.3, -0.25) is 4.79 Å². The van der Waals surface area contributed by atoms with Gasteiger partial charge in [-0.2, -0.15) is 0 Å². The van der Waals surface area contributed by atoms with Crippen molar-refractivity contribution in [2.24, 2.45) is 5.73 Å². The molecule has 2 N–H and O–H groups in total. The van der Waals surface area contributed by atoms with Gasteiger partial charge in [0.15, 0.2) is 0 Å². The number of rotatable bonds is 4. The third kappa shape index (κ3) is 5.04. The number of esters is 1. The number of halogens is 1. The van der Waals surface area contributed by atoms with E-state index in [-0.39, 0.29) is 12.1 Å². The van der Waals surface area contributed by atoms with E-state index in [4.69, 9.17) is 22.1 Å². The van der Waals surface area contributed by atoms with Crippen molar-refractivity contribution in [2.45, 2.75) is 32.4 Å². The Morgan fingerprint density at radius 1 is 1.64 bits per heavy atom. The van der Waals surface area contributed by atoms with Crippen molar-refractivity contribution >= 4 is 17.6 Å². The van der Waals surface area contributed by atoms with Gasteiger partial charge in [0, 0.05) is 5.88 Å². The molecule has 0 bridgehead atoms. The Hall–Kier alpha value is -0.280. The Morgan fingerprint density at radius 3 is 2.55 bits per heavy atom. The van der Waals surface area contributed by atoms with Crippen LogP contribution in [0.5, 0.6) is 0 Å². The second kappa shape index (κ2) is 5.38. The maximum Gasteiger partial charge on any atom is 0.323 e. The molecular weight excluding hydrogens is 166 g/mol. The third-order valence-electron chi connectivity index (χ3n) is 1.07. The molecule has 0 saturated heterocycles. The molecule has 66 valence electrons. The second-order valence-corrected chi connectivity index (χ2v) is 2.95. The Morgan fingerprint density at radius 2 is 2.18 bits per heavy atom. The van der Waals surface area contributed by atoms with E-state index in [1.807, 2.05) is 0 Å². The average Bonchev–Trinajstić information content (AvgIpc) is 1.86. The summed E-state index contributed by atoms with van der Waals surface area (Å²) in [6.45, 7) is 3.57. The van der Waals surface area contributed by atoms with Gasteiger partial charge in [-0.05, 0) is 20.3 Å². The lowest BCUT2D eigenvalue weighted by Crippen LogP contribution is -2.34. The SMILES string of the molecule is CC(C)OC(=O)C(N)CCCl. The molecule has 0 radical (unpaired) electrons. The average molecular weight is 180 g/mol. The van der Waals surface area contributed by atoms with Gasteiger partial charge in [0.05, 0.1) is 6.10 Å². The first-order valence-corrected chi connectivity index (χ1v) is 4.13. The van der Waals surface area contributed by atoms with Gasteiger partial charge in [0.2, 0.25) is 0 Å². The van der Waals surface area contributed by atoms with E-state index in [1.165, 1.54) is 0 Å². The topological polar surface area (TPSA) is 52.3 Å². The number of carbonyl (C=O) groups excluding carboxylic acids is 1. The lowest BCUT2D eigenvalue weighted by molar-refractivity contribution is -0.149. The van der Waals surface area contributed by atoms with Crippen molar-refractivity contribution in [1.82, 2.24) is 0 Å². The molecule has 0 aromatic rings. The highest BCUT2D eigenvalue weighted by atomic mass is 35.5. The van der Waals surface area contributed by atoms with E-state index in [9.17, 15) is 4.79 Å². The quantitative estimate of drug-likeness (QED) is 0.515. The predicted octanol–water partition coefficient (Wildman–Crippen LogP) is 0.894. The lowest BCUT2D eigenvalue weighted by atomic mass is 10.2. The first kappa shape index (κ1) is 10.7. The van der Waals surface area contributed by atoms with Crippen LogP contribution in [0.3, 0.4) is 0 Å². The highest BCUT2D eigenvalue weighted by Gasteiger charge is 2.14. The van der Waals surface area contributed by atoms with Crippen molar-refractivity contribution in [2.75, 3.05) is 5.88 Å². The van der Waals surface area contributed by atoms with Crippen molar-refractivity contribution in [1.29, 1.82) is 0 Å². The van der Waals surface area contributed by atoms with Crippen LogP contribution in [0.4, 0.5) is 0 Å². The minimum atomic E-state index is -0.574. The molecule has 0 spiro atoms. The molecule has 0 aromatic heterocycles. The zero-order chi connectivity index (χ0) is 8.85. The maximum atomic E-state index is 10.9. The maximum absolute atomic E-state index is 10.9. The molecule has 11 heavy (non-hydrogen) atoms. The van der Waals surface area contributed by atoms with E-state index in [1.54, 1.807) is 13.8 Å².